The van der Waals surface area contributed by atoms with E-state index >= 15 is 0 Å². The molecule has 1 aromatic rings. The molecular formula is C14H22N2O. The van der Waals surface area contributed by atoms with Gasteiger partial charge in [-0.2, -0.15) is 0 Å². The van der Waals surface area contributed by atoms with Crippen LogP contribution in [0.25, 0.3) is 0 Å². The summed E-state index contributed by atoms with van der Waals surface area (Å²) in [6.07, 6.45) is 0.449. The zero-order valence-electron chi connectivity index (χ0n) is 10.8. The van der Waals surface area contributed by atoms with E-state index in [1.807, 2.05) is 19.1 Å². The van der Waals surface area contributed by atoms with Gasteiger partial charge in [-0.15, -0.1) is 0 Å². The molecule has 0 amide bonds. The van der Waals surface area contributed by atoms with Crippen LogP contribution in [0, 0.1) is 0 Å². The number of hydrogen-bond acceptors (Lipinski definition) is 3. The molecule has 3 nitrogen and oxygen atoms in total. The van der Waals surface area contributed by atoms with Crippen molar-refractivity contribution >= 4 is 5.69 Å². The van der Waals surface area contributed by atoms with Crippen molar-refractivity contribution in [2.75, 3.05) is 38.1 Å². The molecule has 1 aromatic carbocycles. The van der Waals surface area contributed by atoms with Crippen LogP contribution in [-0.4, -0.2) is 43.2 Å². The molecule has 0 aliphatic carbocycles. The molecule has 1 aliphatic heterocycles. The number of rotatable bonds is 3. The van der Waals surface area contributed by atoms with E-state index in [9.17, 15) is 5.11 Å². The number of hydrogen-bond donors (Lipinski definition) is 1. The molecule has 2 rings (SSSR count). The lowest BCUT2D eigenvalue weighted by Gasteiger charge is -2.34. The number of piperazine rings is 1. The summed E-state index contributed by atoms with van der Waals surface area (Å²) in [5, 5.41) is 9.74. The number of likely N-dealkylation sites (N-methyl/N-ethyl adjacent to an activating group) is 1. The van der Waals surface area contributed by atoms with Crippen molar-refractivity contribution in [1.29, 1.82) is 0 Å². The second-order valence-corrected chi connectivity index (χ2v) is 4.81. The fourth-order valence-electron chi connectivity index (χ4n) is 2.21. The fourth-order valence-corrected chi connectivity index (χ4v) is 2.21. The highest BCUT2D eigenvalue weighted by Gasteiger charge is 2.14. The third kappa shape index (κ3) is 2.99. The number of anilines is 1. The van der Waals surface area contributed by atoms with Gasteiger partial charge < -0.3 is 14.9 Å². The second kappa shape index (κ2) is 5.52. The Bertz CT molecular complexity index is 342. The predicted octanol–water partition coefficient (Wildman–Crippen LogP) is 1.88. The zero-order valence-corrected chi connectivity index (χ0v) is 10.8. The Labute approximate surface area is 104 Å². The standard InChI is InChI=1S/C14H22N2O/c1-3-14(17)12-4-6-13(7-5-12)16-10-8-15(2)9-11-16/h4-7,14,17H,3,8-11H2,1-2H3/t14-/m1/s1. The molecule has 0 bridgehead atoms. The maximum Gasteiger partial charge on any atom is 0.0787 e. The van der Waals surface area contributed by atoms with E-state index in [0.717, 1.165) is 38.2 Å². The Kier molecular flexibility index (Phi) is 4.02. The third-order valence-corrected chi connectivity index (χ3v) is 3.53. The van der Waals surface area contributed by atoms with Crippen molar-refractivity contribution in [3.05, 3.63) is 29.8 Å². The van der Waals surface area contributed by atoms with Crippen LogP contribution >= 0.6 is 0 Å². The van der Waals surface area contributed by atoms with Gasteiger partial charge >= 0.3 is 0 Å². The summed E-state index contributed by atoms with van der Waals surface area (Å²) in [6.45, 7) is 6.43. The van der Waals surface area contributed by atoms with Gasteiger partial charge in [0.05, 0.1) is 6.10 Å². The summed E-state index contributed by atoms with van der Waals surface area (Å²) < 4.78 is 0. The SMILES string of the molecule is CC[C@@H](O)c1ccc(N2CCN(C)CC2)cc1. The molecule has 17 heavy (non-hydrogen) atoms. The van der Waals surface area contributed by atoms with Gasteiger partial charge in [0.2, 0.25) is 0 Å². The van der Waals surface area contributed by atoms with Crippen LogP contribution in [-0.2, 0) is 0 Å². The van der Waals surface area contributed by atoms with E-state index in [0.29, 0.717) is 0 Å². The molecule has 1 atom stereocenters. The van der Waals surface area contributed by atoms with E-state index in [1.165, 1.54) is 5.69 Å². The number of aliphatic hydroxyl groups excluding tert-OH is 1. The average molecular weight is 234 g/mol. The van der Waals surface area contributed by atoms with Crippen LogP contribution in [0.5, 0.6) is 0 Å². The van der Waals surface area contributed by atoms with E-state index in [4.69, 9.17) is 0 Å². The maximum absolute atomic E-state index is 9.74. The van der Waals surface area contributed by atoms with Gasteiger partial charge in [-0.05, 0) is 31.2 Å². The van der Waals surface area contributed by atoms with Crippen LogP contribution in [0.3, 0.4) is 0 Å². The first kappa shape index (κ1) is 12.4. The number of aliphatic hydroxyl groups is 1. The highest BCUT2D eigenvalue weighted by molar-refractivity contribution is 5.48. The van der Waals surface area contributed by atoms with Crippen molar-refractivity contribution in [2.45, 2.75) is 19.4 Å². The minimum atomic E-state index is -0.323. The van der Waals surface area contributed by atoms with Gasteiger partial charge in [0.15, 0.2) is 0 Å². The highest BCUT2D eigenvalue weighted by Crippen LogP contribution is 2.21. The molecule has 0 radical (unpaired) electrons. The van der Waals surface area contributed by atoms with Crippen molar-refractivity contribution in [1.82, 2.24) is 4.90 Å². The molecule has 1 aliphatic rings. The maximum atomic E-state index is 9.74. The summed E-state index contributed by atoms with van der Waals surface area (Å²) >= 11 is 0. The molecule has 0 unspecified atom stereocenters. The van der Waals surface area contributed by atoms with Crippen molar-refractivity contribution < 1.29 is 5.11 Å². The fraction of sp³-hybridized carbons (Fsp3) is 0.571. The quantitative estimate of drug-likeness (QED) is 0.865. The smallest absolute Gasteiger partial charge is 0.0787 e. The molecule has 0 saturated carbocycles. The largest absolute Gasteiger partial charge is 0.388 e. The summed E-state index contributed by atoms with van der Waals surface area (Å²) in [5.41, 5.74) is 2.29. The predicted molar refractivity (Wildman–Crippen MR) is 71.4 cm³/mol. The molecule has 94 valence electrons. The summed E-state index contributed by atoms with van der Waals surface area (Å²) in [5.74, 6) is 0. The lowest BCUT2D eigenvalue weighted by atomic mass is 10.1. The van der Waals surface area contributed by atoms with E-state index < -0.39 is 0 Å². The zero-order chi connectivity index (χ0) is 12.3. The van der Waals surface area contributed by atoms with E-state index in [-0.39, 0.29) is 6.10 Å². The molecule has 1 saturated heterocycles. The minimum Gasteiger partial charge on any atom is -0.388 e. The Morgan fingerprint density at radius 2 is 1.71 bits per heavy atom. The first-order valence-corrected chi connectivity index (χ1v) is 6.42. The number of benzene rings is 1. The first-order chi connectivity index (χ1) is 8.20. The summed E-state index contributed by atoms with van der Waals surface area (Å²) in [4.78, 5) is 4.76. The van der Waals surface area contributed by atoms with Crippen molar-refractivity contribution in [3.63, 3.8) is 0 Å². The molecule has 1 fully saturated rings. The van der Waals surface area contributed by atoms with Crippen LogP contribution in [0.15, 0.2) is 24.3 Å². The third-order valence-electron chi connectivity index (χ3n) is 3.53. The molecule has 1 N–H and O–H groups in total. The monoisotopic (exact) mass is 234 g/mol. The molecule has 0 spiro atoms. The highest BCUT2D eigenvalue weighted by atomic mass is 16.3. The lowest BCUT2D eigenvalue weighted by Crippen LogP contribution is -2.44. The summed E-state index contributed by atoms with van der Waals surface area (Å²) in [7, 11) is 2.16. The van der Waals surface area contributed by atoms with Crippen LogP contribution in [0.1, 0.15) is 25.0 Å². The molecular weight excluding hydrogens is 212 g/mol. The van der Waals surface area contributed by atoms with Crippen molar-refractivity contribution in [3.8, 4) is 0 Å². The molecule has 0 aromatic heterocycles. The topological polar surface area (TPSA) is 26.7 Å². The van der Waals surface area contributed by atoms with Crippen LogP contribution in [0.2, 0.25) is 0 Å². The van der Waals surface area contributed by atoms with Crippen LogP contribution in [0.4, 0.5) is 5.69 Å². The normalized spacial score (nSPS) is 19.4. The van der Waals surface area contributed by atoms with Gasteiger partial charge in [0.1, 0.15) is 0 Å². The lowest BCUT2D eigenvalue weighted by molar-refractivity contribution is 0.173. The van der Waals surface area contributed by atoms with Gasteiger partial charge in [-0.25, -0.2) is 0 Å². The van der Waals surface area contributed by atoms with E-state index in [2.05, 4.69) is 29.0 Å². The first-order valence-electron chi connectivity index (χ1n) is 6.42. The molecule has 3 heteroatoms. The Balaban J connectivity index is 2.02. The Morgan fingerprint density at radius 1 is 1.12 bits per heavy atom. The minimum absolute atomic E-state index is 0.323. The molecule has 1 heterocycles. The average Bonchev–Trinajstić information content (AvgIpc) is 2.39. The van der Waals surface area contributed by atoms with Gasteiger partial charge in [0.25, 0.3) is 0 Å². The Morgan fingerprint density at radius 3 is 2.24 bits per heavy atom. The second-order valence-electron chi connectivity index (χ2n) is 4.81. The van der Waals surface area contributed by atoms with Gasteiger partial charge in [0, 0.05) is 31.9 Å². The summed E-state index contributed by atoms with van der Waals surface area (Å²) in [6, 6.07) is 8.34. The van der Waals surface area contributed by atoms with Crippen LogP contribution < -0.4 is 4.90 Å². The van der Waals surface area contributed by atoms with Crippen molar-refractivity contribution in [2.24, 2.45) is 0 Å². The van der Waals surface area contributed by atoms with Gasteiger partial charge in [-0.3, -0.25) is 0 Å². The van der Waals surface area contributed by atoms with E-state index in [1.54, 1.807) is 0 Å². The number of nitrogens with zero attached hydrogens (tertiary/aromatic N) is 2. The Hall–Kier alpha value is -1.06. The van der Waals surface area contributed by atoms with Gasteiger partial charge in [-0.1, -0.05) is 19.1 Å².